The Bertz CT molecular complexity index is 1460. The van der Waals surface area contributed by atoms with Crippen LogP contribution in [0.25, 0.3) is 16.9 Å². The predicted molar refractivity (Wildman–Crippen MR) is 151 cm³/mol. The first-order valence-electron chi connectivity index (χ1n) is 12.6. The number of ether oxygens (including phenoxy) is 1. The third-order valence-electron chi connectivity index (χ3n) is 6.47. The lowest BCUT2D eigenvalue weighted by molar-refractivity contribution is -0.111. The molecule has 0 atom stereocenters. The fraction of sp³-hybridized carbons (Fsp3) is 0.286. The summed E-state index contributed by atoms with van der Waals surface area (Å²) in [6, 6.07) is 11.4. The number of hydrogen-bond acceptors (Lipinski definition) is 8. The molecular weight excluding hydrogens is 480 g/mol. The van der Waals surface area contributed by atoms with E-state index in [1.165, 1.54) is 12.8 Å². The Labute approximate surface area is 222 Å². The van der Waals surface area contributed by atoms with E-state index in [2.05, 4.69) is 25.5 Å². The van der Waals surface area contributed by atoms with Gasteiger partial charge in [-0.3, -0.25) is 14.3 Å². The molecule has 2 N–H and O–H groups in total. The average Bonchev–Trinajstić information content (AvgIpc) is 3.59. The van der Waals surface area contributed by atoms with E-state index in [4.69, 9.17) is 9.72 Å². The van der Waals surface area contributed by atoms with Gasteiger partial charge in [-0.2, -0.15) is 4.98 Å². The Kier molecular flexibility index (Phi) is 7.50. The Hall–Kier alpha value is -4.44. The van der Waals surface area contributed by atoms with Gasteiger partial charge in [0.05, 0.1) is 24.2 Å². The number of aromatic nitrogens is 4. The molecule has 10 nitrogen and oxygen atoms in total. The Morgan fingerprint density at radius 2 is 1.95 bits per heavy atom. The number of hydrogen-bond donors (Lipinski definition) is 2. The third kappa shape index (κ3) is 5.60. The summed E-state index contributed by atoms with van der Waals surface area (Å²) in [6.45, 7) is 2.96. The van der Waals surface area contributed by atoms with E-state index in [-0.39, 0.29) is 5.91 Å². The van der Waals surface area contributed by atoms with Crippen LogP contribution in [0, 0.1) is 0 Å². The van der Waals surface area contributed by atoms with Gasteiger partial charge in [-0.05, 0) is 56.3 Å². The molecule has 0 spiro atoms. The number of carbonyl (C=O) groups excluding carboxylic acids is 1. The molecule has 38 heavy (non-hydrogen) atoms. The van der Waals surface area contributed by atoms with Crippen molar-refractivity contribution in [1.29, 1.82) is 0 Å². The van der Waals surface area contributed by atoms with Gasteiger partial charge in [0.1, 0.15) is 17.2 Å². The number of amides is 1. The molecule has 1 fully saturated rings. The predicted octanol–water partition coefficient (Wildman–Crippen LogP) is 4.22. The van der Waals surface area contributed by atoms with Crippen molar-refractivity contribution in [2.24, 2.45) is 0 Å². The van der Waals surface area contributed by atoms with Crippen LogP contribution in [0.4, 0.5) is 23.0 Å². The van der Waals surface area contributed by atoms with Crippen molar-refractivity contribution in [2.45, 2.75) is 12.8 Å². The van der Waals surface area contributed by atoms with E-state index >= 15 is 0 Å². The summed E-state index contributed by atoms with van der Waals surface area (Å²) < 4.78 is 7.57. The molecular formula is C28H32N8O2. The molecule has 0 aliphatic carbocycles. The van der Waals surface area contributed by atoms with Gasteiger partial charge in [-0.15, -0.1) is 0 Å². The average molecular weight is 513 g/mol. The minimum Gasteiger partial charge on any atom is -0.494 e. The van der Waals surface area contributed by atoms with E-state index in [1.54, 1.807) is 25.6 Å². The van der Waals surface area contributed by atoms with Gasteiger partial charge in [0, 0.05) is 56.8 Å². The number of likely N-dealkylation sites (tertiary alicyclic amines) is 1. The maximum atomic E-state index is 12.7. The number of fused-ring (bicyclic) bond motifs is 1. The normalized spacial score (nSPS) is 13.8. The topological polar surface area (TPSA) is 100 Å². The number of anilines is 4. The second-order valence-corrected chi connectivity index (χ2v) is 9.33. The number of pyridine rings is 1. The largest absolute Gasteiger partial charge is 0.494 e. The zero-order valence-electron chi connectivity index (χ0n) is 21.9. The zero-order chi connectivity index (χ0) is 26.5. The van der Waals surface area contributed by atoms with Crippen LogP contribution in [0.3, 0.4) is 0 Å². The number of nitrogens with one attached hydrogen (secondary N) is 2. The van der Waals surface area contributed by atoms with Crippen molar-refractivity contribution in [2.75, 3.05) is 56.4 Å². The fourth-order valence-corrected chi connectivity index (χ4v) is 4.57. The van der Waals surface area contributed by atoms with Crippen molar-refractivity contribution in [3.05, 3.63) is 67.1 Å². The van der Waals surface area contributed by atoms with Crippen molar-refractivity contribution >= 4 is 40.0 Å². The summed E-state index contributed by atoms with van der Waals surface area (Å²) in [5.74, 6) is 1.47. The van der Waals surface area contributed by atoms with E-state index in [0.717, 1.165) is 36.4 Å². The lowest BCUT2D eigenvalue weighted by Gasteiger charge is -2.21. The molecule has 5 rings (SSSR count). The van der Waals surface area contributed by atoms with Gasteiger partial charge in [0.2, 0.25) is 11.9 Å². The molecule has 1 aromatic carbocycles. The monoisotopic (exact) mass is 512 g/mol. The van der Waals surface area contributed by atoms with Crippen LogP contribution < -0.4 is 20.3 Å². The van der Waals surface area contributed by atoms with Crippen LogP contribution in [-0.2, 0) is 4.79 Å². The second kappa shape index (κ2) is 11.3. The van der Waals surface area contributed by atoms with Crippen LogP contribution in [0.2, 0.25) is 0 Å². The maximum Gasteiger partial charge on any atom is 0.248 e. The summed E-state index contributed by atoms with van der Waals surface area (Å²) in [5.41, 5.74) is 2.90. The molecule has 0 saturated carbocycles. The molecule has 1 aliphatic heterocycles. The second-order valence-electron chi connectivity index (χ2n) is 9.33. The molecule has 1 amide bonds. The van der Waals surface area contributed by atoms with E-state index in [0.29, 0.717) is 28.9 Å². The highest BCUT2D eigenvalue weighted by Gasteiger charge is 2.16. The molecule has 3 aromatic heterocycles. The number of carbonyl (C=O) groups is 1. The first-order chi connectivity index (χ1) is 18.5. The smallest absolute Gasteiger partial charge is 0.248 e. The summed E-state index contributed by atoms with van der Waals surface area (Å²) in [4.78, 5) is 30.6. The van der Waals surface area contributed by atoms with Crippen LogP contribution in [0.5, 0.6) is 5.75 Å². The lowest BCUT2D eigenvalue weighted by Crippen LogP contribution is -2.19. The first-order valence-corrected chi connectivity index (χ1v) is 12.6. The quantitative estimate of drug-likeness (QED) is 0.322. The minimum absolute atomic E-state index is 0.186. The molecule has 10 heteroatoms. The van der Waals surface area contributed by atoms with Crippen molar-refractivity contribution in [3.63, 3.8) is 0 Å². The van der Waals surface area contributed by atoms with Crippen molar-refractivity contribution in [3.8, 4) is 11.6 Å². The zero-order valence-corrected chi connectivity index (χ0v) is 21.9. The maximum absolute atomic E-state index is 12.7. The van der Waals surface area contributed by atoms with Crippen LogP contribution in [-0.4, -0.2) is 71.2 Å². The van der Waals surface area contributed by atoms with Crippen molar-refractivity contribution < 1.29 is 9.53 Å². The van der Waals surface area contributed by atoms with Gasteiger partial charge >= 0.3 is 0 Å². The molecule has 1 saturated heterocycles. The third-order valence-corrected chi connectivity index (χ3v) is 6.47. The highest BCUT2D eigenvalue weighted by Crippen LogP contribution is 2.37. The summed E-state index contributed by atoms with van der Waals surface area (Å²) in [6.07, 6.45) is 11.3. The van der Waals surface area contributed by atoms with Crippen LogP contribution in [0.1, 0.15) is 12.8 Å². The van der Waals surface area contributed by atoms with Crippen LogP contribution >= 0.6 is 0 Å². The number of methoxy groups -OCH3 is 1. The summed E-state index contributed by atoms with van der Waals surface area (Å²) in [5, 5.41) is 7.30. The fourth-order valence-electron chi connectivity index (χ4n) is 4.57. The number of benzene rings is 1. The number of nitrogens with zero attached hydrogens (tertiary/aromatic N) is 6. The minimum atomic E-state index is -0.186. The summed E-state index contributed by atoms with van der Waals surface area (Å²) >= 11 is 0. The Morgan fingerprint density at radius 1 is 1.11 bits per heavy atom. The Morgan fingerprint density at radius 3 is 2.74 bits per heavy atom. The molecule has 0 radical (unpaired) electrons. The molecule has 0 bridgehead atoms. The van der Waals surface area contributed by atoms with Gasteiger partial charge < -0.3 is 20.3 Å². The standard InChI is InChI=1S/C28H32N8O2/c1-34(2)23-19-24(38-3)22(18-21(23)31-26(37)9-7-16-35-14-4-5-15-35)32-28-30-13-10-25(33-28)36-17-11-20-8-6-12-29-27(20)36/h6-13,17-19H,4-5,14-16H2,1-3H3,(H,31,37)(H,30,32,33)/b9-7+. The SMILES string of the molecule is COc1cc(N(C)C)c(NC(=O)/C=C/CN2CCCC2)cc1Nc1nccc(-n2ccc3cccnc32)n1. The van der Waals surface area contributed by atoms with Crippen molar-refractivity contribution in [1.82, 2.24) is 24.4 Å². The lowest BCUT2D eigenvalue weighted by atomic mass is 10.2. The van der Waals surface area contributed by atoms with Gasteiger partial charge in [-0.25, -0.2) is 9.97 Å². The highest BCUT2D eigenvalue weighted by molar-refractivity contribution is 6.02. The van der Waals surface area contributed by atoms with E-state index in [1.807, 2.05) is 72.2 Å². The van der Waals surface area contributed by atoms with Gasteiger partial charge in [0.15, 0.2) is 0 Å². The molecule has 0 unspecified atom stereocenters. The molecule has 4 aromatic rings. The molecule has 4 heterocycles. The van der Waals surface area contributed by atoms with Crippen LogP contribution in [0.15, 0.2) is 67.1 Å². The molecule has 196 valence electrons. The highest BCUT2D eigenvalue weighted by atomic mass is 16.5. The van der Waals surface area contributed by atoms with E-state index < -0.39 is 0 Å². The first kappa shape index (κ1) is 25.2. The summed E-state index contributed by atoms with van der Waals surface area (Å²) in [7, 11) is 5.44. The Balaban J connectivity index is 1.39. The molecule has 1 aliphatic rings. The number of rotatable bonds is 9. The van der Waals surface area contributed by atoms with Gasteiger partial charge in [0.25, 0.3) is 0 Å². The van der Waals surface area contributed by atoms with Gasteiger partial charge in [-0.1, -0.05) is 6.08 Å². The van der Waals surface area contributed by atoms with E-state index in [9.17, 15) is 4.79 Å².